The molecule has 0 radical (unpaired) electrons. The molecule has 4 aliphatic rings. The fraction of sp³-hybridized carbons (Fsp3) is 0.390. The lowest BCUT2D eigenvalue weighted by Gasteiger charge is -2.31. The Morgan fingerprint density at radius 3 is 2.43 bits per heavy atom. The third-order valence-corrected chi connectivity index (χ3v) is 15.4. The van der Waals surface area contributed by atoms with Gasteiger partial charge in [0, 0.05) is 35.1 Å². The lowest BCUT2D eigenvalue weighted by atomic mass is 9.86. The molecule has 1 saturated carbocycles. The molecule has 0 spiro atoms. The van der Waals surface area contributed by atoms with Gasteiger partial charge in [-0.1, -0.05) is 20.8 Å². The zero-order valence-electron chi connectivity index (χ0n) is 33.1. The quantitative estimate of drug-likeness (QED) is 0.145. The van der Waals surface area contributed by atoms with E-state index >= 15 is 8.78 Å². The van der Waals surface area contributed by atoms with Gasteiger partial charge in [0.25, 0.3) is 11.5 Å². The van der Waals surface area contributed by atoms with Gasteiger partial charge >= 0.3 is 5.97 Å². The summed E-state index contributed by atoms with van der Waals surface area (Å²) in [5.41, 5.74) is -0.550. The molecule has 9 rings (SSSR count). The standard InChI is InChI=1S/C41H38F2N6O10S2/c1-5-41(55)23-11-28-32-21(14-49(28)38(53)22(23)15-59-39(41)54)19-8-9-58-34-30(19)27(45-32)13-25(43)33(34)48-35(50)17(4)44-37(52)31(16(2)3)47-36(51)20-10-29-26(12-24(20)42)46-40(60-29)61(56,57)18-6-7-18/h10-13,16-18,31,55H,5-9,14-15H2,1-4H3,(H,44,52)(H,47,51)(H,48,50)/t17-,31-,41-/m0/s1. The zero-order chi connectivity index (χ0) is 43.4. The van der Waals surface area contributed by atoms with Crippen molar-refractivity contribution in [2.24, 2.45) is 5.92 Å². The van der Waals surface area contributed by atoms with Crippen LogP contribution >= 0.6 is 11.3 Å². The van der Waals surface area contributed by atoms with Crippen molar-refractivity contribution in [2.75, 3.05) is 11.9 Å². The fourth-order valence-corrected chi connectivity index (χ4v) is 11.3. The predicted molar refractivity (Wildman–Crippen MR) is 216 cm³/mol. The Hall–Kier alpha value is -5.86. The lowest BCUT2D eigenvalue weighted by Crippen LogP contribution is -2.53. The van der Waals surface area contributed by atoms with E-state index in [9.17, 15) is 37.5 Å². The first-order chi connectivity index (χ1) is 28.9. The van der Waals surface area contributed by atoms with Crippen LogP contribution in [0.3, 0.4) is 0 Å². The first-order valence-corrected chi connectivity index (χ1v) is 22.0. The van der Waals surface area contributed by atoms with E-state index in [4.69, 9.17) is 14.5 Å². The Morgan fingerprint density at radius 2 is 1.72 bits per heavy atom. The fourth-order valence-electron chi connectivity index (χ4n) is 8.16. The molecule has 16 nitrogen and oxygen atoms in total. The number of carbonyl (C=O) groups is 4. The number of nitrogens with one attached hydrogen (secondary N) is 3. The minimum Gasteiger partial charge on any atom is -0.490 e. The maximum atomic E-state index is 16.0. The van der Waals surface area contributed by atoms with Gasteiger partial charge in [-0.05, 0) is 49.8 Å². The van der Waals surface area contributed by atoms with Crippen LogP contribution in [0.5, 0.6) is 5.75 Å². The number of amides is 3. The number of aliphatic hydroxyl groups is 1. The molecule has 5 aromatic rings. The number of fused-ring (bicyclic) bond motifs is 6. The SMILES string of the molecule is CC[C@@]1(O)C(=O)OCc2c1cc1n(c2=O)Cc2c-1nc1cc(F)c(NC(=O)[C@H](C)NC(=O)[C@@H](NC(=O)c3cc4sc(S(=O)(=O)C5CC5)nc4cc3F)C(C)C)c3c1c2CCO3. The molecule has 0 bridgehead atoms. The normalized spacial score (nSPS) is 18.8. The number of esters is 1. The van der Waals surface area contributed by atoms with Crippen molar-refractivity contribution in [1.29, 1.82) is 0 Å². The van der Waals surface area contributed by atoms with Gasteiger partial charge in [-0.2, -0.15) is 0 Å². The van der Waals surface area contributed by atoms with E-state index in [0.29, 0.717) is 47.2 Å². The molecule has 318 valence electrons. The maximum absolute atomic E-state index is 16.0. The molecular weight excluding hydrogens is 839 g/mol. The molecule has 1 fully saturated rings. The number of hydrogen-bond donors (Lipinski definition) is 4. The number of cyclic esters (lactones) is 1. The van der Waals surface area contributed by atoms with Gasteiger partial charge in [0.05, 0.1) is 56.6 Å². The van der Waals surface area contributed by atoms with Crippen molar-refractivity contribution in [3.63, 3.8) is 0 Å². The summed E-state index contributed by atoms with van der Waals surface area (Å²) in [7, 11) is -3.65. The highest BCUT2D eigenvalue weighted by Gasteiger charge is 2.46. The van der Waals surface area contributed by atoms with Crippen LogP contribution in [0.1, 0.15) is 79.6 Å². The molecule has 3 atom stereocenters. The molecule has 0 saturated heterocycles. The van der Waals surface area contributed by atoms with E-state index < -0.39 is 85.1 Å². The first kappa shape index (κ1) is 40.5. The number of benzene rings is 2. The summed E-state index contributed by atoms with van der Waals surface area (Å²) in [4.78, 5) is 75.7. The minimum absolute atomic E-state index is 0.00453. The third kappa shape index (κ3) is 6.44. The van der Waals surface area contributed by atoms with Crippen LogP contribution < -0.4 is 26.2 Å². The van der Waals surface area contributed by atoms with E-state index in [-0.39, 0.29) is 68.8 Å². The molecule has 6 heterocycles. The number of ether oxygens (including phenoxy) is 2. The summed E-state index contributed by atoms with van der Waals surface area (Å²) in [6, 6.07) is 2.31. The molecule has 4 N–H and O–H groups in total. The highest BCUT2D eigenvalue weighted by atomic mass is 32.2. The monoisotopic (exact) mass is 876 g/mol. The second kappa shape index (κ2) is 14.4. The largest absolute Gasteiger partial charge is 0.490 e. The van der Waals surface area contributed by atoms with Crippen molar-refractivity contribution in [3.8, 4) is 17.1 Å². The highest BCUT2D eigenvalue weighted by molar-refractivity contribution is 7.94. The Labute approximate surface area is 349 Å². The molecule has 2 aromatic carbocycles. The number of hydrogen-bond acceptors (Lipinski definition) is 13. The van der Waals surface area contributed by atoms with Gasteiger partial charge in [-0.15, -0.1) is 11.3 Å². The minimum atomic E-state index is -3.65. The highest BCUT2D eigenvalue weighted by Crippen LogP contribution is 2.46. The summed E-state index contributed by atoms with van der Waals surface area (Å²) in [6.45, 7) is 6.11. The Balaban J connectivity index is 0.948. The van der Waals surface area contributed by atoms with Crippen LogP contribution in [0.2, 0.25) is 0 Å². The Kier molecular flexibility index (Phi) is 9.55. The average Bonchev–Trinajstić information content (AvgIpc) is 3.91. The smallest absolute Gasteiger partial charge is 0.343 e. The van der Waals surface area contributed by atoms with Gasteiger partial charge < -0.3 is 35.1 Å². The molecule has 61 heavy (non-hydrogen) atoms. The topological polar surface area (TPSA) is 225 Å². The average molecular weight is 877 g/mol. The van der Waals surface area contributed by atoms with Crippen molar-refractivity contribution in [1.82, 2.24) is 25.2 Å². The van der Waals surface area contributed by atoms with Crippen LogP contribution in [-0.2, 0) is 54.1 Å². The number of halogens is 2. The Morgan fingerprint density at radius 1 is 0.984 bits per heavy atom. The van der Waals surface area contributed by atoms with Crippen LogP contribution in [0.15, 0.2) is 33.4 Å². The van der Waals surface area contributed by atoms with Crippen molar-refractivity contribution < 1.29 is 51.0 Å². The van der Waals surface area contributed by atoms with Gasteiger partial charge in [0.2, 0.25) is 26.0 Å². The lowest BCUT2D eigenvalue weighted by molar-refractivity contribution is -0.172. The summed E-state index contributed by atoms with van der Waals surface area (Å²) in [6.07, 6.45) is 1.37. The number of rotatable bonds is 10. The zero-order valence-corrected chi connectivity index (χ0v) is 34.7. The molecule has 3 aliphatic heterocycles. The molecular formula is C41H38F2N6O10S2. The Bertz CT molecular complexity index is 2980. The maximum Gasteiger partial charge on any atom is 0.343 e. The first-order valence-electron chi connectivity index (χ1n) is 19.7. The summed E-state index contributed by atoms with van der Waals surface area (Å²) in [5, 5.41) is 18.7. The molecule has 3 amide bonds. The number of aromatic nitrogens is 3. The second-order valence-electron chi connectivity index (χ2n) is 16.0. The van der Waals surface area contributed by atoms with E-state index in [1.54, 1.807) is 26.8 Å². The van der Waals surface area contributed by atoms with E-state index in [2.05, 4.69) is 20.9 Å². The molecule has 3 aromatic heterocycles. The van der Waals surface area contributed by atoms with Crippen LogP contribution in [-0.4, -0.2) is 75.7 Å². The van der Waals surface area contributed by atoms with Gasteiger partial charge in [-0.3, -0.25) is 19.2 Å². The number of sulfone groups is 1. The van der Waals surface area contributed by atoms with E-state index in [0.717, 1.165) is 23.5 Å². The second-order valence-corrected chi connectivity index (χ2v) is 19.4. The number of anilines is 1. The van der Waals surface area contributed by atoms with Crippen molar-refractivity contribution >= 4 is 71.7 Å². The summed E-state index contributed by atoms with van der Waals surface area (Å²) >= 11 is 0.831. The van der Waals surface area contributed by atoms with E-state index in [1.807, 2.05) is 0 Å². The molecule has 1 aliphatic carbocycles. The van der Waals surface area contributed by atoms with E-state index in [1.165, 1.54) is 17.6 Å². The summed E-state index contributed by atoms with van der Waals surface area (Å²) < 4.78 is 69.4. The number of pyridine rings is 2. The van der Waals surface area contributed by atoms with Gasteiger partial charge in [0.1, 0.15) is 30.2 Å². The predicted octanol–water partition coefficient (Wildman–Crippen LogP) is 3.74. The number of carbonyl (C=O) groups excluding carboxylic acids is 4. The molecule has 0 unspecified atom stereocenters. The number of nitrogens with zero attached hydrogens (tertiary/aromatic N) is 3. The molecule has 20 heteroatoms. The van der Waals surface area contributed by atoms with Crippen LogP contribution in [0, 0.1) is 17.6 Å². The van der Waals surface area contributed by atoms with Gasteiger partial charge in [-0.25, -0.2) is 32.0 Å². The van der Waals surface area contributed by atoms with Crippen LogP contribution in [0.25, 0.3) is 32.5 Å². The third-order valence-electron chi connectivity index (χ3n) is 11.7. The number of thiazole rings is 1. The van der Waals surface area contributed by atoms with Crippen molar-refractivity contribution in [2.45, 2.75) is 93.8 Å². The van der Waals surface area contributed by atoms with Crippen LogP contribution in [0.4, 0.5) is 14.5 Å². The summed E-state index contributed by atoms with van der Waals surface area (Å²) in [5.74, 6) is -5.83. The van der Waals surface area contributed by atoms with Gasteiger partial charge in [0.15, 0.2) is 17.2 Å². The van der Waals surface area contributed by atoms with Crippen molar-refractivity contribution in [3.05, 3.63) is 74.1 Å².